The van der Waals surface area contributed by atoms with Crippen LogP contribution >= 0.6 is 0 Å². The number of aryl methyl sites for hydroxylation is 1. The van der Waals surface area contributed by atoms with Gasteiger partial charge < -0.3 is 29.2 Å². The molecule has 2 atom stereocenters. The van der Waals surface area contributed by atoms with Crippen LogP contribution < -0.4 is 19.5 Å². The second-order valence-corrected chi connectivity index (χ2v) is 8.63. The molecule has 0 unspecified atom stereocenters. The van der Waals surface area contributed by atoms with Crippen molar-refractivity contribution in [2.45, 2.75) is 31.5 Å². The Morgan fingerprint density at radius 3 is 2.56 bits per heavy atom. The Balaban J connectivity index is 1.62. The average Bonchev–Trinajstić information content (AvgIpc) is 2.86. The molecule has 3 N–H and O–H groups in total. The van der Waals surface area contributed by atoms with Crippen LogP contribution in [0.1, 0.15) is 28.4 Å². The molecule has 0 bridgehead atoms. The zero-order valence-electron chi connectivity index (χ0n) is 19.6. The average molecular weight is 464 g/mol. The van der Waals surface area contributed by atoms with Crippen LogP contribution in [-0.4, -0.2) is 44.3 Å². The number of rotatable bonds is 6. The zero-order valence-corrected chi connectivity index (χ0v) is 19.6. The van der Waals surface area contributed by atoms with Gasteiger partial charge in [0.05, 0.1) is 21.0 Å². The van der Waals surface area contributed by atoms with Crippen LogP contribution in [0.2, 0.25) is 0 Å². The highest BCUT2D eigenvalue weighted by Gasteiger charge is 2.36. The van der Waals surface area contributed by atoms with Crippen molar-refractivity contribution in [2.75, 3.05) is 28.0 Å². The van der Waals surface area contributed by atoms with E-state index in [1.165, 1.54) is 12.7 Å². The third-order valence-electron chi connectivity index (χ3n) is 6.67. The third kappa shape index (κ3) is 3.81. The lowest BCUT2D eigenvalue weighted by molar-refractivity contribution is -0.0428. The summed E-state index contributed by atoms with van der Waals surface area (Å²) in [6.07, 6.45) is 1.70. The van der Waals surface area contributed by atoms with Gasteiger partial charge in [0.1, 0.15) is 23.4 Å². The first-order valence-electron chi connectivity index (χ1n) is 11.4. The van der Waals surface area contributed by atoms with Crippen LogP contribution in [0, 0.1) is 0 Å². The first-order valence-corrected chi connectivity index (χ1v) is 11.4. The first-order chi connectivity index (χ1) is 16.5. The van der Waals surface area contributed by atoms with Gasteiger partial charge in [0.2, 0.25) is 0 Å². The molecular weight excluding hydrogens is 434 g/mol. The third-order valence-corrected chi connectivity index (χ3v) is 6.67. The summed E-state index contributed by atoms with van der Waals surface area (Å²) in [5, 5.41) is 23.1. The molecule has 1 aliphatic carbocycles. The van der Waals surface area contributed by atoms with Gasteiger partial charge >= 0.3 is 0 Å². The van der Waals surface area contributed by atoms with Gasteiger partial charge in [0, 0.05) is 23.6 Å². The van der Waals surface area contributed by atoms with Crippen molar-refractivity contribution in [1.82, 2.24) is 5.32 Å². The lowest BCUT2D eigenvalue weighted by Crippen LogP contribution is -2.36. The van der Waals surface area contributed by atoms with Crippen LogP contribution in [0.15, 0.2) is 42.5 Å². The molecule has 3 aromatic rings. The Labute approximate surface area is 198 Å². The summed E-state index contributed by atoms with van der Waals surface area (Å²) in [6.45, 7) is 0.384. The van der Waals surface area contributed by atoms with Gasteiger partial charge in [0.15, 0.2) is 17.6 Å². The smallest absolute Gasteiger partial charge is 0.160 e. The highest BCUT2D eigenvalue weighted by atomic mass is 16.6. The predicted octanol–water partition coefficient (Wildman–Crippen LogP) is 4.12. The summed E-state index contributed by atoms with van der Waals surface area (Å²) >= 11 is 0. The Kier molecular flexibility index (Phi) is 5.98. The Bertz CT molecular complexity index is 1220. The van der Waals surface area contributed by atoms with Crippen LogP contribution in [0.3, 0.4) is 0 Å². The number of methoxy groups -OCH3 is 2. The first kappa shape index (κ1) is 22.4. The highest BCUT2D eigenvalue weighted by Crippen LogP contribution is 2.49. The molecule has 7 nitrogen and oxygen atoms in total. The molecule has 1 aliphatic heterocycles. The standard InChI is InChI=1S/C27H29NO6/c1-28-14-33-25-12-20-19-7-4-15-10-17(29)6-8-18(15)26(19)24(32-3)13-22(20)34-27(25)16-5-9-21(30)23(11-16)31-2/h5-6,8-11,13,25,27-30H,4,7,12,14H2,1-3H3/t25-,27+/m0/s1. The molecule has 1 heterocycles. The number of nitrogens with one attached hydrogen (secondary N) is 1. The van der Waals surface area contributed by atoms with E-state index in [0.29, 0.717) is 18.9 Å². The fourth-order valence-corrected chi connectivity index (χ4v) is 5.09. The summed E-state index contributed by atoms with van der Waals surface area (Å²) in [4.78, 5) is 0. The monoisotopic (exact) mass is 463 g/mol. The number of hydrogen-bond donors (Lipinski definition) is 3. The summed E-state index contributed by atoms with van der Waals surface area (Å²) < 4.78 is 23.9. The summed E-state index contributed by atoms with van der Waals surface area (Å²) in [7, 11) is 5.04. The molecule has 0 fully saturated rings. The van der Waals surface area contributed by atoms with E-state index in [-0.39, 0.29) is 23.7 Å². The van der Waals surface area contributed by atoms with Crippen molar-refractivity contribution < 1.29 is 29.2 Å². The number of fused-ring (bicyclic) bond motifs is 5. The fraction of sp³-hybridized carbons (Fsp3) is 0.333. The van der Waals surface area contributed by atoms with Crippen LogP contribution in [0.25, 0.3) is 11.1 Å². The molecule has 0 spiro atoms. The molecule has 178 valence electrons. The minimum absolute atomic E-state index is 0.0793. The molecule has 7 heteroatoms. The second kappa shape index (κ2) is 9.08. The molecule has 0 saturated heterocycles. The second-order valence-electron chi connectivity index (χ2n) is 8.63. The van der Waals surface area contributed by atoms with Gasteiger partial charge in [-0.3, -0.25) is 5.32 Å². The Morgan fingerprint density at radius 2 is 1.79 bits per heavy atom. The molecule has 0 aromatic heterocycles. The molecule has 3 aromatic carbocycles. The molecule has 34 heavy (non-hydrogen) atoms. The number of hydrogen-bond acceptors (Lipinski definition) is 7. The minimum Gasteiger partial charge on any atom is -0.508 e. The number of phenols is 2. The summed E-state index contributed by atoms with van der Waals surface area (Å²) in [6, 6.07) is 12.7. The molecule has 2 aliphatic rings. The van der Waals surface area contributed by atoms with E-state index >= 15 is 0 Å². The summed E-state index contributed by atoms with van der Waals surface area (Å²) in [5.74, 6) is 2.27. The number of benzene rings is 3. The highest BCUT2D eigenvalue weighted by molar-refractivity contribution is 5.82. The van der Waals surface area contributed by atoms with E-state index < -0.39 is 0 Å². The van der Waals surface area contributed by atoms with Gasteiger partial charge in [-0.15, -0.1) is 0 Å². The van der Waals surface area contributed by atoms with Crippen molar-refractivity contribution in [3.63, 3.8) is 0 Å². The number of ether oxygens (including phenoxy) is 4. The fourth-order valence-electron chi connectivity index (χ4n) is 5.09. The number of aromatic hydroxyl groups is 2. The van der Waals surface area contributed by atoms with Crippen molar-refractivity contribution in [3.05, 3.63) is 64.7 Å². The van der Waals surface area contributed by atoms with Gasteiger partial charge in [-0.05, 0) is 66.4 Å². The van der Waals surface area contributed by atoms with E-state index in [2.05, 4.69) is 5.32 Å². The maximum Gasteiger partial charge on any atom is 0.160 e. The summed E-state index contributed by atoms with van der Waals surface area (Å²) in [5.41, 5.74) is 6.43. The van der Waals surface area contributed by atoms with Crippen LogP contribution in [0.5, 0.6) is 28.7 Å². The lowest BCUT2D eigenvalue weighted by atomic mass is 9.80. The minimum atomic E-state index is -0.383. The molecule has 0 radical (unpaired) electrons. The predicted molar refractivity (Wildman–Crippen MR) is 128 cm³/mol. The van der Waals surface area contributed by atoms with Gasteiger partial charge in [-0.1, -0.05) is 12.1 Å². The van der Waals surface area contributed by atoms with E-state index in [9.17, 15) is 10.2 Å². The van der Waals surface area contributed by atoms with Crippen molar-refractivity contribution >= 4 is 0 Å². The van der Waals surface area contributed by atoms with Gasteiger partial charge in [-0.2, -0.15) is 0 Å². The van der Waals surface area contributed by atoms with Crippen molar-refractivity contribution in [2.24, 2.45) is 0 Å². The van der Waals surface area contributed by atoms with Crippen molar-refractivity contribution in [3.8, 4) is 39.9 Å². The molecular formula is C27H29NO6. The van der Waals surface area contributed by atoms with Crippen molar-refractivity contribution in [1.29, 1.82) is 0 Å². The van der Waals surface area contributed by atoms with Gasteiger partial charge in [0.25, 0.3) is 0 Å². The van der Waals surface area contributed by atoms with E-state index in [4.69, 9.17) is 18.9 Å². The molecule has 5 rings (SSSR count). The maximum absolute atomic E-state index is 10.1. The van der Waals surface area contributed by atoms with Crippen LogP contribution in [0.4, 0.5) is 0 Å². The Hall–Kier alpha value is -3.42. The lowest BCUT2D eigenvalue weighted by Gasteiger charge is -2.37. The van der Waals surface area contributed by atoms with Crippen LogP contribution in [-0.2, 0) is 24.0 Å². The zero-order chi connectivity index (χ0) is 23.8. The van der Waals surface area contributed by atoms with E-state index in [1.54, 1.807) is 25.3 Å². The molecule has 0 amide bonds. The quantitative estimate of drug-likeness (QED) is 0.474. The molecule has 0 saturated carbocycles. The number of phenolic OH excluding ortho intramolecular Hbond substituents is 2. The largest absolute Gasteiger partial charge is 0.508 e. The maximum atomic E-state index is 10.1. The SMILES string of the molecule is CNCO[C@H]1Cc2c(cc(OC)c3c2CCc2cc(O)ccc2-3)O[C@@H]1c1ccc(O)c(OC)c1. The van der Waals surface area contributed by atoms with Gasteiger partial charge in [-0.25, -0.2) is 0 Å². The van der Waals surface area contributed by atoms with E-state index in [0.717, 1.165) is 52.2 Å². The normalized spacial score (nSPS) is 18.3. The topological polar surface area (TPSA) is 89.4 Å². The van der Waals surface area contributed by atoms with E-state index in [1.807, 2.05) is 31.3 Å². The Morgan fingerprint density at radius 1 is 0.971 bits per heavy atom.